The third kappa shape index (κ3) is 5.20. The predicted molar refractivity (Wildman–Crippen MR) is 102 cm³/mol. The monoisotopic (exact) mass is 380 g/mol. The van der Waals surface area contributed by atoms with Crippen LogP contribution in [-0.2, 0) is 4.74 Å². The molecule has 0 spiro atoms. The lowest BCUT2D eigenvalue weighted by atomic mass is 10.2. The van der Waals surface area contributed by atoms with E-state index in [4.69, 9.17) is 31.2 Å². The molecule has 1 saturated heterocycles. The van der Waals surface area contributed by atoms with E-state index in [1.54, 1.807) is 13.3 Å². The largest absolute Gasteiger partial charge is 0.493 e. The number of benzene rings is 1. The number of hydrogen-bond acceptors (Lipinski definition) is 7. The molecule has 0 bridgehead atoms. The molecule has 2 heterocycles. The highest BCUT2D eigenvalue weighted by molar-refractivity contribution is 7.80. The summed E-state index contributed by atoms with van der Waals surface area (Å²) in [5.74, 6) is 1.88. The third-order valence-electron chi connectivity index (χ3n) is 4.10. The maximum atomic E-state index is 5.39. The summed E-state index contributed by atoms with van der Waals surface area (Å²) in [4.78, 5) is 2.40. The van der Waals surface area contributed by atoms with E-state index in [0.717, 1.165) is 51.4 Å². The summed E-state index contributed by atoms with van der Waals surface area (Å²) in [6, 6.07) is 3.67. The second-order valence-electron chi connectivity index (χ2n) is 5.89. The molecule has 0 amide bonds. The first-order valence-corrected chi connectivity index (χ1v) is 9.02. The van der Waals surface area contributed by atoms with Gasteiger partial charge in [0.05, 0.1) is 26.5 Å². The fraction of sp³-hybridized carbons (Fsp3) is 0.529. The van der Waals surface area contributed by atoms with Crippen molar-refractivity contribution in [3.05, 3.63) is 17.7 Å². The van der Waals surface area contributed by atoms with Crippen molar-refractivity contribution in [3.63, 3.8) is 0 Å². The van der Waals surface area contributed by atoms with Crippen molar-refractivity contribution < 1.29 is 18.9 Å². The molecular formula is C17H24N4O4S. The van der Waals surface area contributed by atoms with Crippen molar-refractivity contribution in [1.82, 2.24) is 15.6 Å². The van der Waals surface area contributed by atoms with E-state index in [9.17, 15) is 0 Å². The predicted octanol–water partition coefficient (Wildman–Crippen LogP) is 0.944. The third-order valence-corrected chi connectivity index (χ3v) is 4.34. The van der Waals surface area contributed by atoms with Gasteiger partial charge in [0.25, 0.3) is 0 Å². The number of ether oxygens (including phenoxy) is 4. The number of methoxy groups -OCH3 is 1. The highest BCUT2D eigenvalue weighted by Gasteiger charge is 2.19. The molecule has 1 aromatic rings. The molecule has 142 valence electrons. The highest BCUT2D eigenvalue weighted by Crippen LogP contribution is 2.41. The molecule has 0 aliphatic carbocycles. The van der Waals surface area contributed by atoms with Crippen LogP contribution in [0.15, 0.2) is 17.2 Å². The van der Waals surface area contributed by atoms with Crippen LogP contribution >= 0.6 is 12.2 Å². The normalized spacial score (nSPS) is 16.7. The number of nitrogens with zero attached hydrogens (tertiary/aromatic N) is 2. The zero-order valence-electron chi connectivity index (χ0n) is 14.8. The van der Waals surface area contributed by atoms with Gasteiger partial charge < -0.3 is 24.3 Å². The number of rotatable bonds is 7. The Morgan fingerprint density at radius 3 is 3.00 bits per heavy atom. The summed E-state index contributed by atoms with van der Waals surface area (Å²) in [7, 11) is 1.59. The van der Waals surface area contributed by atoms with Crippen molar-refractivity contribution >= 4 is 23.5 Å². The first-order chi connectivity index (χ1) is 12.8. The van der Waals surface area contributed by atoms with Gasteiger partial charge in [-0.3, -0.25) is 10.3 Å². The second-order valence-corrected chi connectivity index (χ2v) is 6.30. The lowest BCUT2D eigenvalue weighted by Gasteiger charge is -2.26. The van der Waals surface area contributed by atoms with Gasteiger partial charge in [-0.05, 0) is 37.3 Å². The molecular weight excluding hydrogens is 356 g/mol. The van der Waals surface area contributed by atoms with Crippen LogP contribution in [0.1, 0.15) is 12.0 Å². The molecule has 2 aliphatic heterocycles. The molecule has 2 aliphatic rings. The SMILES string of the molecule is COc1cc(/C=N\NC(=S)NCCCN2CCOCC2)cc2c1OCO2. The summed E-state index contributed by atoms with van der Waals surface area (Å²) in [5.41, 5.74) is 3.65. The van der Waals surface area contributed by atoms with Crippen molar-refractivity contribution in [1.29, 1.82) is 0 Å². The first kappa shape index (κ1) is 18.7. The van der Waals surface area contributed by atoms with Crippen LogP contribution in [0.3, 0.4) is 0 Å². The van der Waals surface area contributed by atoms with Gasteiger partial charge in [-0.15, -0.1) is 0 Å². The number of morpholine rings is 1. The van der Waals surface area contributed by atoms with Gasteiger partial charge in [-0.1, -0.05) is 0 Å². The number of thiocarbonyl (C=S) groups is 1. The van der Waals surface area contributed by atoms with Crippen LogP contribution < -0.4 is 25.0 Å². The van der Waals surface area contributed by atoms with Crippen molar-refractivity contribution in [2.24, 2.45) is 5.10 Å². The zero-order chi connectivity index (χ0) is 18.2. The van der Waals surface area contributed by atoms with Gasteiger partial charge in [-0.2, -0.15) is 5.10 Å². The molecule has 0 saturated carbocycles. The molecule has 3 rings (SSSR count). The molecule has 1 aromatic carbocycles. The maximum Gasteiger partial charge on any atom is 0.231 e. The van der Waals surface area contributed by atoms with Crippen LogP contribution in [-0.4, -0.2) is 69.5 Å². The minimum atomic E-state index is 0.197. The Morgan fingerprint density at radius 1 is 1.35 bits per heavy atom. The average Bonchev–Trinajstić information content (AvgIpc) is 3.14. The van der Waals surface area contributed by atoms with E-state index < -0.39 is 0 Å². The van der Waals surface area contributed by atoms with E-state index in [1.807, 2.05) is 12.1 Å². The fourth-order valence-corrected chi connectivity index (χ4v) is 2.91. The molecule has 2 N–H and O–H groups in total. The maximum absolute atomic E-state index is 5.39. The molecule has 1 fully saturated rings. The summed E-state index contributed by atoms with van der Waals surface area (Å²) >= 11 is 5.23. The smallest absolute Gasteiger partial charge is 0.231 e. The van der Waals surface area contributed by atoms with E-state index >= 15 is 0 Å². The van der Waals surface area contributed by atoms with Crippen molar-refractivity contribution in [2.75, 3.05) is 53.3 Å². The summed E-state index contributed by atoms with van der Waals surface area (Å²) in [6.07, 6.45) is 2.68. The Morgan fingerprint density at radius 2 is 2.19 bits per heavy atom. The quantitative estimate of drug-likeness (QED) is 0.313. The van der Waals surface area contributed by atoms with Crippen LogP contribution in [0, 0.1) is 0 Å². The minimum Gasteiger partial charge on any atom is -0.493 e. The van der Waals surface area contributed by atoms with Gasteiger partial charge in [0.2, 0.25) is 12.5 Å². The lowest BCUT2D eigenvalue weighted by molar-refractivity contribution is 0.0376. The topological polar surface area (TPSA) is 76.6 Å². The molecule has 9 heteroatoms. The average molecular weight is 380 g/mol. The molecule has 8 nitrogen and oxygen atoms in total. The van der Waals surface area contributed by atoms with Gasteiger partial charge in [0.1, 0.15) is 0 Å². The minimum absolute atomic E-state index is 0.197. The Balaban J connectivity index is 1.38. The molecule has 0 radical (unpaired) electrons. The van der Waals surface area contributed by atoms with Crippen LogP contribution in [0.25, 0.3) is 0 Å². The lowest BCUT2D eigenvalue weighted by Crippen LogP contribution is -2.39. The molecule has 0 aromatic heterocycles. The van der Waals surface area contributed by atoms with Crippen molar-refractivity contribution in [2.45, 2.75) is 6.42 Å². The Bertz CT molecular complexity index is 650. The Hall–Kier alpha value is -2.10. The second kappa shape index (κ2) is 9.56. The molecule has 0 atom stereocenters. The fourth-order valence-electron chi connectivity index (χ4n) is 2.76. The van der Waals surface area contributed by atoms with Crippen molar-refractivity contribution in [3.8, 4) is 17.2 Å². The summed E-state index contributed by atoms with van der Waals surface area (Å²) in [5, 5.41) is 7.80. The van der Waals surface area contributed by atoms with E-state index in [-0.39, 0.29) is 6.79 Å². The van der Waals surface area contributed by atoms with Gasteiger partial charge in [-0.25, -0.2) is 0 Å². The number of nitrogens with one attached hydrogen (secondary N) is 2. The first-order valence-electron chi connectivity index (χ1n) is 8.61. The molecule has 26 heavy (non-hydrogen) atoms. The van der Waals surface area contributed by atoms with Gasteiger partial charge in [0, 0.05) is 25.2 Å². The van der Waals surface area contributed by atoms with E-state index in [2.05, 4.69) is 20.7 Å². The number of hydrazone groups is 1. The van der Waals surface area contributed by atoms with Gasteiger partial charge in [0.15, 0.2) is 16.6 Å². The van der Waals surface area contributed by atoms with E-state index in [1.165, 1.54) is 0 Å². The van der Waals surface area contributed by atoms with Crippen LogP contribution in [0.2, 0.25) is 0 Å². The van der Waals surface area contributed by atoms with E-state index in [0.29, 0.717) is 22.4 Å². The number of fused-ring (bicyclic) bond motifs is 1. The Labute approximate surface area is 158 Å². The highest BCUT2D eigenvalue weighted by atomic mass is 32.1. The standard InChI is InChI=1S/C17H24N4O4S/c1-22-14-9-13(10-15-16(14)25-12-24-15)11-19-20-17(26)18-3-2-4-21-5-7-23-8-6-21/h9-11H,2-8,12H2,1H3,(H2,18,20,26)/b19-11-. The summed E-state index contributed by atoms with van der Waals surface area (Å²) < 4.78 is 21.4. The van der Waals surface area contributed by atoms with Gasteiger partial charge >= 0.3 is 0 Å². The zero-order valence-corrected chi connectivity index (χ0v) is 15.6. The molecule has 0 unspecified atom stereocenters. The Kier molecular flexibility index (Phi) is 6.87. The van der Waals surface area contributed by atoms with Crippen LogP contribution in [0.4, 0.5) is 0 Å². The number of hydrogen-bond donors (Lipinski definition) is 2. The summed E-state index contributed by atoms with van der Waals surface area (Å²) in [6.45, 7) is 5.70. The van der Waals surface area contributed by atoms with Crippen LogP contribution in [0.5, 0.6) is 17.2 Å².